The molecule has 0 radical (unpaired) electrons. The zero-order valence-corrected chi connectivity index (χ0v) is 11.8. The second-order valence-corrected chi connectivity index (χ2v) is 4.44. The lowest BCUT2D eigenvalue weighted by molar-refractivity contribution is 0.546. The first kappa shape index (κ1) is 16.8. The van der Waals surface area contributed by atoms with Crippen molar-refractivity contribution in [1.82, 2.24) is 0 Å². The molecule has 0 N–H and O–H groups in total. The minimum Gasteiger partial charge on any atom is -0.204 e. The quantitative estimate of drug-likeness (QED) is 0.392. The van der Waals surface area contributed by atoms with Crippen molar-refractivity contribution in [2.45, 2.75) is 40.5 Å². The van der Waals surface area contributed by atoms with E-state index in [0.717, 1.165) is 12.8 Å². The summed E-state index contributed by atoms with van der Waals surface area (Å²) in [6.45, 7) is 11.3. The van der Waals surface area contributed by atoms with E-state index >= 15 is 0 Å². The maximum Gasteiger partial charge on any atom is 0.161 e. The van der Waals surface area contributed by atoms with Gasteiger partial charge in [-0.3, -0.25) is 0 Å². The van der Waals surface area contributed by atoms with E-state index in [1.807, 2.05) is 20.8 Å². The Balaban J connectivity index is 4.85. The van der Waals surface area contributed by atoms with Gasteiger partial charge in [0.1, 0.15) is 0 Å². The van der Waals surface area contributed by atoms with Gasteiger partial charge in [0.15, 0.2) is 11.7 Å². The SMILES string of the molecule is C=C(/C(F)=C(F)\C=C/C(CC)CC)C(C)C=CC. The molecule has 1 atom stereocenters. The van der Waals surface area contributed by atoms with E-state index in [9.17, 15) is 8.78 Å². The number of rotatable bonds is 7. The van der Waals surface area contributed by atoms with E-state index in [-0.39, 0.29) is 11.5 Å². The number of allylic oxidation sites excluding steroid dienone is 7. The standard InChI is InChI=1S/C16H24F2/c1-6-9-12(4)13(5)16(18)15(17)11-10-14(7-2)8-3/h6,9-12,14H,5,7-8H2,1-4H3/b9-6?,11-10-,16-15-. The molecule has 0 heterocycles. The molecule has 0 saturated heterocycles. The molecule has 0 aromatic rings. The van der Waals surface area contributed by atoms with Crippen LogP contribution >= 0.6 is 0 Å². The molecular formula is C16H24F2. The van der Waals surface area contributed by atoms with Gasteiger partial charge < -0.3 is 0 Å². The second-order valence-electron chi connectivity index (χ2n) is 4.44. The van der Waals surface area contributed by atoms with Crippen molar-refractivity contribution in [3.8, 4) is 0 Å². The van der Waals surface area contributed by atoms with Crippen molar-refractivity contribution >= 4 is 0 Å². The molecule has 1 unspecified atom stereocenters. The van der Waals surface area contributed by atoms with Crippen LogP contribution in [0.2, 0.25) is 0 Å². The number of halogens is 2. The third kappa shape index (κ3) is 5.44. The predicted molar refractivity (Wildman–Crippen MR) is 75.6 cm³/mol. The number of hydrogen-bond donors (Lipinski definition) is 0. The van der Waals surface area contributed by atoms with Crippen LogP contribution in [0.5, 0.6) is 0 Å². The molecule has 0 bridgehead atoms. The molecule has 2 heteroatoms. The van der Waals surface area contributed by atoms with Crippen LogP contribution in [0.3, 0.4) is 0 Å². The Hall–Kier alpha value is -1.18. The largest absolute Gasteiger partial charge is 0.204 e. The lowest BCUT2D eigenvalue weighted by Gasteiger charge is -2.09. The summed E-state index contributed by atoms with van der Waals surface area (Å²) in [4.78, 5) is 0. The molecule has 0 aliphatic carbocycles. The average molecular weight is 254 g/mol. The van der Waals surface area contributed by atoms with Crippen LogP contribution in [0.25, 0.3) is 0 Å². The molecule has 18 heavy (non-hydrogen) atoms. The summed E-state index contributed by atoms with van der Waals surface area (Å²) < 4.78 is 27.4. The Labute approximate surface area is 110 Å². The third-order valence-electron chi connectivity index (χ3n) is 3.09. The summed E-state index contributed by atoms with van der Waals surface area (Å²) in [5.74, 6) is -1.57. The summed E-state index contributed by atoms with van der Waals surface area (Å²) >= 11 is 0. The van der Waals surface area contributed by atoms with Gasteiger partial charge in [0, 0.05) is 5.92 Å². The highest BCUT2D eigenvalue weighted by atomic mass is 19.2. The van der Waals surface area contributed by atoms with Gasteiger partial charge in [-0.25, -0.2) is 8.78 Å². The Bertz CT molecular complexity index is 344. The second kappa shape index (κ2) is 8.84. The minimum atomic E-state index is -0.845. The fourth-order valence-corrected chi connectivity index (χ4v) is 1.61. The van der Waals surface area contributed by atoms with Crippen LogP contribution in [-0.2, 0) is 0 Å². The maximum atomic E-state index is 13.7. The van der Waals surface area contributed by atoms with Gasteiger partial charge in [-0.15, -0.1) is 0 Å². The molecule has 0 amide bonds. The van der Waals surface area contributed by atoms with Gasteiger partial charge in [-0.2, -0.15) is 0 Å². The van der Waals surface area contributed by atoms with Crippen LogP contribution in [0, 0.1) is 11.8 Å². The Kier molecular flexibility index (Phi) is 8.27. The first-order valence-corrected chi connectivity index (χ1v) is 6.53. The monoisotopic (exact) mass is 254 g/mol. The van der Waals surface area contributed by atoms with E-state index in [1.165, 1.54) is 6.08 Å². The molecular weight excluding hydrogens is 230 g/mol. The van der Waals surface area contributed by atoms with E-state index in [2.05, 4.69) is 6.58 Å². The highest BCUT2D eigenvalue weighted by Gasteiger charge is 2.12. The van der Waals surface area contributed by atoms with Crippen LogP contribution < -0.4 is 0 Å². The van der Waals surface area contributed by atoms with Gasteiger partial charge in [0.2, 0.25) is 0 Å². The molecule has 0 aromatic carbocycles. The molecule has 0 saturated carbocycles. The highest BCUT2D eigenvalue weighted by Crippen LogP contribution is 2.25. The smallest absolute Gasteiger partial charge is 0.161 e. The van der Waals surface area contributed by atoms with Gasteiger partial charge in [-0.05, 0) is 37.3 Å². The lowest BCUT2D eigenvalue weighted by atomic mass is 9.99. The Morgan fingerprint density at radius 1 is 1.17 bits per heavy atom. The molecule has 0 nitrogen and oxygen atoms in total. The summed E-state index contributed by atoms with van der Waals surface area (Å²) in [5, 5.41) is 0. The Morgan fingerprint density at radius 2 is 1.72 bits per heavy atom. The summed E-state index contributed by atoms with van der Waals surface area (Å²) in [5.41, 5.74) is 0.180. The van der Waals surface area contributed by atoms with E-state index in [0.29, 0.717) is 5.92 Å². The normalized spacial score (nSPS) is 15.5. The topological polar surface area (TPSA) is 0 Å². The van der Waals surface area contributed by atoms with Crippen LogP contribution in [0.15, 0.2) is 48.1 Å². The fraction of sp³-hybridized carbons (Fsp3) is 0.500. The van der Waals surface area contributed by atoms with Gasteiger partial charge in [-0.1, -0.05) is 45.6 Å². The van der Waals surface area contributed by atoms with Crippen LogP contribution in [0.4, 0.5) is 8.78 Å². The van der Waals surface area contributed by atoms with Crippen molar-refractivity contribution in [3.63, 3.8) is 0 Å². The van der Waals surface area contributed by atoms with Crippen molar-refractivity contribution in [3.05, 3.63) is 48.1 Å². The first-order chi connectivity index (χ1) is 8.47. The zero-order chi connectivity index (χ0) is 14.1. The average Bonchev–Trinajstić information content (AvgIpc) is 2.38. The summed E-state index contributed by atoms with van der Waals surface area (Å²) in [7, 11) is 0. The highest BCUT2D eigenvalue weighted by molar-refractivity contribution is 5.33. The van der Waals surface area contributed by atoms with Crippen molar-refractivity contribution in [1.29, 1.82) is 0 Å². The molecule has 0 aliphatic heterocycles. The molecule has 0 spiro atoms. The van der Waals surface area contributed by atoms with Crippen LogP contribution in [-0.4, -0.2) is 0 Å². The van der Waals surface area contributed by atoms with E-state index < -0.39 is 11.7 Å². The maximum absolute atomic E-state index is 13.7. The van der Waals surface area contributed by atoms with Gasteiger partial charge in [0.05, 0.1) is 0 Å². The van der Waals surface area contributed by atoms with Crippen molar-refractivity contribution in [2.24, 2.45) is 11.8 Å². The van der Waals surface area contributed by atoms with Crippen LogP contribution in [0.1, 0.15) is 40.5 Å². The third-order valence-corrected chi connectivity index (χ3v) is 3.09. The molecule has 0 fully saturated rings. The van der Waals surface area contributed by atoms with Gasteiger partial charge in [0.25, 0.3) is 0 Å². The molecule has 102 valence electrons. The molecule has 0 rings (SSSR count). The van der Waals surface area contributed by atoms with Crippen molar-refractivity contribution in [2.75, 3.05) is 0 Å². The summed E-state index contributed by atoms with van der Waals surface area (Å²) in [6, 6.07) is 0. The predicted octanol–water partition coefficient (Wildman–Crippen LogP) is 5.90. The lowest BCUT2D eigenvalue weighted by Crippen LogP contribution is -1.96. The number of hydrogen-bond acceptors (Lipinski definition) is 0. The van der Waals surface area contributed by atoms with Gasteiger partial charge >= 0.3 is 0 Å². The zero-order valence-electron chi connectivity index (χ0n) is 11.8. The Morgan fingerprint density at radius 3 is 2.17 bits per heavy atom. The summed E-state index contributed by atoms with van der Waals surface area (Å²) in [6.07, 6.45) is 8.40. The van der Waals surface area contributed by atoms with E-state index in [4.69, 9.17) is 0 Å². The molecule has 0 aliphatic rings. The van der Waals surface area contributed by atoms with E-state index in [1.54, 1.807) is 25.2 Å². The fourth-order valence-electron chi connectivity index (χ4n) is 1.61. The van der Waals surface area contributed by atoms with Crippen molar-refractivity contribution < 1.29 is 8.78 Å². The first-order valence-electron chi connectivity index (χ1n) is 6.53. The molecule has 0 aromatic heterocycles. The minimum absolute atomic E-state index is 0.180.